The molecular weight excluding hydrogens is 451 g/mol. The molecule has 13 heteroatoms. The van der Waals surface area contributed by atoms with Gasteiger partial charge >= 0.3 is 7.60 Å². The molecule has 31 heavy (non-hydrogen) atoms. The van der Waals surface area contributed by atoms with Crippen LogP contribution in [0.15, 0.2) is 6.20 Å². The highest BCUT2D eigenvalue weighted by atomic mass is 35.5. The third-order valence-corrected chi connectivity index (χ3v) is 6.12. The quantitative estimate of drug-likeness (QED) is 0.202. The molecule has 2 aliphatic rings. The summed E-state index contributed by atoms with van der Waals surface area (Å²) in [6.45, 7) is 2.50. The maximum Gasteiger partial charge on any atom is 0.352 e. The van der Waals surface area contributed by atoms with E-state index >= 15 is 0 Å². The molecule has 0 aromatic carbocycles. The van der Waals surface area contributed by atoms with Crippen molar-refractivity contribution in [1.82, 2.24) is 14.5 Å². The molecular formula is C18H26ClN4O7P. The van der Waals surface area contributed by atoms with Crippen molar-refractivity contribution in [2.45, 2.75) is 63.2 Å². The first-order valence-electron chi connectivity index (χ1n) is 10.1. The van der Waals surface area contributed by atoms with Crippen molar-refractivity contribution in [2.75, 3.05) is 18.6 Å². The Labute approximate surface area is 183 Å². The van der Waals surface area contributed by atoms with Gasteiger partial charge < -0.3 is 29.7 Å². The maximum atomic E-state index is 11.2. The smallest absolute Gasteiger partial charge is 0.352 e. The van der Waals surface area contributed by atoms with Crippen LogP contribution in [0.2, 0.25) is 5.28 Å². The number of aryl methyl sites for hydroxylation is 1. The predicted molar refractivity (Wildman–Crippen MR) is 112 cm³/mol. The normalized spacial score (nSPS) is 29.0. The molecule has 3 heterocycles. The maximum absolute atomic E-state index is 11.2. The molecule has 4 N–H and O–H groups in total. The fraction of sp³-hybridized carbons (Fsp3) is 0.667. The zero-order valence-corrected chi connectivity index (χ0v) is 18.8. The number of rotatable bonds is 7. The van der Waals surface area contributed by atoms with E-state index in [9.17, 15) is 14.8 Å². The summed E-state index contributed by atoms with van der Waals surface area (Å²) in [5.74, 6) is 0.626. The first-order chi connectivity index (χ1) is 14.6. The number of nitrogens with zero attached hydrogens (tertiary/aromatic N) is 3. The second-order valence-corrected chi connectivity index (χ2v) is 10.2. The molecule has 4 rings (SSSR count). The Morgan fingerprint density at radius 2 is 2.03 bits per heavy atom. The largest absolute Gasteiger partial charge is 0.387 e. The molecule has 1 saturated heterocycles. The number of hydrogen-bond acceptors (Lipinski definition) is 9. The third kappa shape index (κ3) is 4.89. The van der Waals surface area contributed by atoms with Crippen molar-refractivity contribution < 1.29 is 34.0 Å². The van der Waals surface area contributed by atoms with Gasteiger partial charge in [0.25, 0.3) is 0 Å². The molecule has 0 spiro atoms. The summed E-state index contributed by atoms with van der Waals surface area (Å²) < 4.78 is 22.9. The van der Waals surface area contributed by atoms with E-state index in [0.29, 0.717) is 17.5 Å². The zero-order valence-electron chi connectivity index (χ0n) is 17.1. The number of fused-ring (bicyclic) bond motifs is 1. The molecule has 172 valence electrons. The number of nitrogens with one attached hydrogen (secondary N) is 1. The fourth-order valence-electron chi connectivity index (χ4n) is 4.16. The first kappa shape index (κ1) is 22.9. The molecule has 2 aromatic rings. The Bertz CT molecular complexity index is 993. The van der Waals surface area contributed by atoms with Gasteiger partial charge in [0, 0.05) is 18.9 Å². The minimum absolute atomic E-state index is 0.0512. The van der Waals surface area contributed by atoms with Crippen molar-refractivity contribution in [2.24, 2.45) is 0 Å². The minimum atomic E-state index is -3.85. The van der Waals surface area contributed by atoms with Gasteiger partial charge in [-0.25, -0.2) is 9.87 Å². The van der Waals surface area contributed by atoms with Gasteiger partial charge in [-0.05, 0) is 36.9 Å². The van der Waals surface area contributed by atoms with Crippen LogP contribution in [0.25, 0.3) is 11.0 Å². The van der Waals surface area contributed by atoms with Crippen LogP contribution in [0, 0.1) is 6.92 Å². The highest BCUT2D eigenvalue weighted by Gasteiger charge is 2.45. The van der Waals surface area contributed by atoms with Crippen LogP contribution in [0.4, 0.5) is 5.82 Å². The van der Waals surface area contributed by atoms with E-state index in [1.807, 2.05) is 6.92 Å². The van der Waals surface area contributed by atoms with Crippen LogP contribution in [-0.4, -0.2) is 67.3 Å². The molecule has 0 bridgehead atoms. The van der Waals surface area contributed by atoms with Crippen LogP contribution in [-0.2, 0) is 18.9 Å². The molecule has 1 aliphatic heterocycles. The summed E-state index contributed by atoms with van der Waals surface area (Å²) in [4.78, 5) is 22.6. The summed E-state index contributed by atoms with van der Waals surface area (Å²) in [5, 5.41) is 25.2. The lowest BCUT2D eigenvalue weighted by Gasteiger charge is -2.18. The lowest BCUT2D eigenvalue weighted by Crippen LogP contribution is -2.33. The lowest BCUT2D eigenvalue weighted by atomic mass is 10.1. The summed E-state index contributed by atoms with van der Waals surface area (Å²) >= 11 is 6.19. The van der Waals surface area contributed by atoms with E-state index in [2.05, 4.69) is 20.0 Å². The number of halogens is 1. The topological polar surface area (TPSA) is 148 Å². The van der Waals surface area contributed by atoms with Gasteiger partial charge in [0.15, 0.2) is 6.23 Å². The number of aromatic nitrogens is 3. The van der Waals surface area contributed by atoms with Crippen LogP contribution < -0.4 is 5.32 Å². The Morgan fingerprint density at radius 3 is 2.71 bits per heavy atom. The number of aliphatic hydroxyl groups is 2. The molecule has 0 radical (unpaired) electrons. The standard InChI is InChI=1S/C18H26ClN4O7P/c1-9-7-23(17-14(25)13(24)11(29-17)8-28-30-31(2,26)27)16-12(9)15(21-18(19)22-16)20-10-5-3-4-6-10/h7,10-11,13-14,17,24-25H,3-6,8H2,1-2H3,(H,26,27)(H,20,21,22)/t11-,13-,14-,17-/m1/s1. The molecule has 11 nitrogen and oxygen atoms in total. The molecule has 1 aliphatic carbocycles. The predicted octanol–water partition coefficient (Wildman–Crippen LogP) is 2.13. The highest BCUT2D eigenvalue weighted by molar-refractivity contribution is 7.51. The molecule has 2 aromatic heterocycles. The monoisotopic (exact) mass is 476 g/mol. The SMILES string of the molecule is Cc1cn([C@@H]2O[C@H](COOP(C)(=O)O)[C@@H](O)[C@H]2O)c2nc(Cl)nc(NC3CCCC3)c12. The number of hydrogen-bond donors (Lipinski definition) is 4. The molecule has 5 atom stereocenters. The zero-order chi connectivity index (χ0) is 22.3. The Balaban J connectivity index is 1.60. The van der Waals surface area contributed by atoms with Gasteiger partial charge in [0.2, 0.25) is 5.28 Å². The second kappa shape index (κ2) is 8.92. The summed E-state index contributed by atoms with van der Waals surface area (Å²) in [5.41, 5.74) is 1.31. The highest BCUT2D eigenvalue weighted by Crippen LogP contribution is 2.39. The van der Waals surface area contributed by atoms with Gasteiger partial charge in [0.1, 0.15) is 36.4 Å². The molecule has 1 saturated carbocycles. The number of ether oxygens (including phenoxy) is 1. The first-order valence-corrected chi connectivity index (χ1v) is 12.5. The fourth-order valence-corrected chi connectivity index (χ4v) is 4.58. The number of aliphatic hydroxyl groups excluding tert-OH is 2. The Kier molecular flexibility index (Phi) is 6.58. The van der Waals surface area contributed by atoms with Crippen molar-refractivity contribution in [3.8, 4) is 0 Å². The van der Waals surface area contributed by atoms with E-state index in [1.54, 1.807) is 10.8 Å². The van der Waals surface area contributed by atoms with E-state index in [0.717, 1.165) is 43.3 Å². The lowest BCUT2D eigenvalue weighted by molar-refractivity contribution is -0.238. The van der Waals surface area contributed by atoms with Crippen LogP contribution in [0.1, 0.15) is 37.5 Å². The second-order valence-electron chi connectivity index (χ2n) is 8.09. The summed E-state index contributed by atoms with van der Waals surface area (Å²) in [6.07, 6.45) is 1.62. The van der Waals surface area contributed by atoms with E-state index < -0.39 is 32.1 Å². The average molecular weight is 477 g/mol. The Morgan fingerprint density at radius 1 is 1.32 bits per heavy atom. The van der Waals surface area contributed by atoms with Crippen LogP contribution in [0.5, 0.6) is 0 Å². The van der Waals surface area contributed by atoms with Crippen molar-refractivity contribution in [1.29, 1.82) is 0 Å². The van der Waals surface area contributed by atoms with E-state index in [4.69, 9.17) is 26.1 Å². The van der Waals surface area contributed by atoms with E-state index in [-0.39, 0.29) is 11.9 Å². The summed E-state index contributed by atoms with van der Waals surface area (Å²) in [6, 6.07) is 0.314. The summed E-state index contributed by atoms with van der Waals surface area (Å²) in [7, 11) is -3.85. The Hall–Kier alpha value is -1.30. The molecule has 0 amide bonds. The minimum Gasteiger partial charge on any atom is -0.387 e. The number of anilines is 1. The van der Waals surface area contributed by atoms with Gasteiger partial charge in [-0.1, -0.05) is 12.8 Å². The van der Waals surface area contributed by atoms with Crippen LogP contribution >= 0.6 is 19.2 Å². The van der Waals surface area contributed by atoms with Gasteiger partial charge in [-0.15, -0.1) is 4.67 Å². The average Bonchev–Trinajstić information content (AvgIpc) is 3.36. The van der Waals surface area contributed by atoms with Gasteiger partial charge in [-0.3, -0.25) is 4.57 Å². The third-order valence-electron chi connectivity index (χ3n) is 5.56. The van der Waals surface area contributed by atoms with Crippen molar-refractivity contribution >= 4 is 36.0 Å². The van der Waals surface area contributed by atoms with Gasteiger partial charge in [-0.2, -0.15) is 4.98 Å². The molecule has 1 unspecified atom stereocenters. The molecule has 2 fully saturated rings. The van der Waals surface area contributed by atoms with E-state index in [1.165, 1.54) is 0 Å². The van der Waals surface area contributed by atoms with Crippen molar-refractivity contribution in [3.05, 3.63) is 17.0 Å². The van der Waals surface area contributed by atoms with Crippen LogP contribution in [0.3, 0.4) is 0 Å². The van der Waals surface area contributed by atoms with Crippen molar-refractivity contribution in [3.63, 3.8) is 0 Å². The van der Waals surface area contributed by atoms with Gasteiger partial charge in [0.05, 0.1) is 5.39 Å².